The van der Waals surface area contributed by atoms with Crippen molar-refractivity contribution < 1.29 is 4.74 Å². The molecule has 0 bridgehead atoms. The second-order valence-electron chi connectivity index (χ2n) is 4.84. The smallest absolute Gasteiger partial charge is 0.142 e. The number of ether oxygens (including phenoxy) is 1. The highest BCUT2D eigenvalue weighted by Gasteiger charge is 2.06. The molecule has 4 heteroatoms. The van der Waals surface area contributed by atoms with E-state index in [2.05, 4.69) is 53.3 Å². The first-order valence-electron chi connectivity index (χ1n) is 6.76. The van der Waals surface area contributed by atoms with E-state index in [1.807, 2.05) is 6.07 Å². The van der Waals surface area contributed by atoms with Crippen LogP contribution in [-0.4, -0.2) is 7.11 Å². The van der Waals surface area contributed by atoms with Crippen molar-refractivity contribution in [2.45, 2.75) is 13.5 Å². The third-order valence-electron chi connectivity index (χ3n) is 3.27. The van der Waals surface area contributed by atoms with E-state index in [4.69, 9.17) is 4.74 Å². The van der Waals surface area contributed by atoms with Gasteiger partial charge in [-0.3, -0.25) is 0 Å². The van der Waals surface area contributed by atoms with Gasteiger partial charge in [-0.2, -0.15) is 0 Å². The van der Waals surface area contributed by atoms with Gasteiger partial charge in [0, 0.05) is 21.9 Å². The Morgan fingerprint density at radius 1 is 1.14 bits per heavy atom. The molecule has 0 radical (unpaired) electrons. The standard InChI is InChI=1S/C17H17NOS2/c1-12-5-6-15(16(8-12)19-2)18-10-14-9-13(11-21-14)17-4-3-7-20-17/h3-9,11,18H,10H2,1-2H3. The van der Waals surface area contributed by atoms with Crippen LogP contribution in [0.2, 0.25) is 0 Å². The number of rotatable bonds is 5. The summed E-state index contributed by atoms with van der Waals surface area (Å²) in [6.07, 6.45) is 0. The van der Waals surface area contributed by atoms with Crippen molar-refractivity contribution in [2.24, 2.45) is 0 Å². The van der Waals surface area contributed by atoms with Crippen molar-refractivity contribution in [1.29, 1.82) is 0 Å². The number of hydrogen-bond donors (Lipinski definition) is 1. The maximum absolute atomic E-state index is 5.42. The van der Waals surface area contributed by atoms with E-state index in [0.717, 1.165) is 18.0 Å². The van der Waals surface area contributed by atoms with E-state index >= 15 is 0 Å². The van der Waals surface area contributed by atoms with Crippen molar-refractivity contribution in [3.8, 4) is 16.2 Å². The van der Waals surface area contributed by atoms with Crippen molar-refractivity contribution in [2.75, 3.05) is 12.4 Å². The number of thiophene rings is 2. The minimum atomic E-state index is 0.815. The summed E-state index contributed by atoms with van der Waals surface area (Å²) in [6.45, 7) is 2.88. The summed E-state index contributed by atoms with van der Waals surface area (Å²) in [5.41, 5.74) is 3.55. The Morgan fingerprint density at radius 3 is 2.81 bits per heavy atom. The molecule has 0 aliphatic carbocycles. The van der Waals surface area contributed by atoms with E-state index < -0.39 is 0 Å². The van der Waals surface area contributed by atoms with Gasteiger partial charge in [0.2, 0.25) is 0 Å². The normalized spacial score (nSPS) is 10.6. The van der Waals surface area contributed by atoms with Gasteiger partial charge in [0.1, 0.15) is 5.75 Å². The van der Waals surface area contributed by atoms with E-state index in [0.29, 0.717) is 0 Å². The second kappa shape index (κ2) is 6.33. The average Bonchev–Trinajstić information content (AvgIpc) is 3.16. The lowest BCUT2D eigenvalue weighted by Crippen LogP contribution is -2.00. The van der Waals surface area contributed by atoms with E-state index in [1.54, 1.807) is 29.8 Å². The minimum Gasteiger partial charge on any atom is -0.495 e. The highest BCUT2D eigenvalue weighted by Crippen LogP contribution is 2.30. The lowest BCUT2D eigenvalue weighted by atomic mass is 10.2. The molecule has 0 atom stereocenters. The summed E-state index contributed by atoms with van der Waals surface area (Å²) < 4.78 is 5.42. The summed E-state index contributed by atoms with van der Waals surface area (Å²) in [6, 6.07) is 12.7. The molecule has 108 valence electrons. The summed E-state index contributed by atoms with van der Waals surface area (Å²) in [7, 11) is 1.71. The van der Waals surface area contributed by atoms with Crippen LogP contribution in [0.3, 0.4) is 0 Å². The van der Waals surface area contributed by atoms with Crippen LogP contribution in [-0.2, 0) is 6.54 Å². The molecule has 2 nitrogen and oxygen atoms in total. The van der Waals surface area contributed by atoms with Gasteiger partial charge < -0.3 is 10.1 Å². The maximum Gasteiger partial charge on any atom is 0.142 e. The molecule has 0 fully saturated rings. The molecule has 0 spiro atoms. The lowest BCUT2D eigenvalue weighted by Gasteiger charge is -2.11. The predicted molar refractivity (Wildman–Crippen MR) is 92.7 cm³/mol. The zero-order valence-electron chi connectivity index (χ0n) is 12.1. The van der Waals surface area contributed by atoms with Crippen LogP contribution in [0.4, 0.5) is 5.69 Å². The number of aryl methyl sites for hydroxylation is 1. The third kappa shape index (κ3) is 3.28. The maximum atomic E-state index is 5.42. The van der Waals surface area contributed by atoms with Gasteiger partial charge in [-0.05, 0) is 47.5 Å². The summed E-state index contributed by atoms with van der Waals surface area (Å²) in [5.74, 6) is 0.894. The second-order valence-corrected chi connectivity index (χ2v) is 6.78. The summed E-state index contributed by atoms with van der Waals surface area (Å²) in [5, 5.41) is 7.79. The lowest BCUT2D eigenvalue weighted by molar-refractivity contribution is 0.416. The van der Waals surface area contributed by atoms with Gasteiger partial charge in [-0.1, -0.05) is 12.1 Å². The van der Waals surface area contributed by atoms with Crippen LogP contribution in [0, 0.1) is 6.92 Å². The summed E-state index contributed by atoms with van der Waals surface area (Å²) in [4.78, 5) is 2.64. The molecule has 0 aliphatic rings. The Kier molecular flexibility index (Phi) is 4.27. The number of hydrogen-bond acceptors (Lipinski definition) is 4. The molecule has 1 aromatic carbocycles. The van der Waals surface area contributed by atoms with Crippen LogP contribution < -0.4 is 10.1 Å². The van der Waals surface area contributed by atoms with Gasteiger partial charge in [-0.25, -0.2) is 0 Å². The highest BCUT2D eigenvalue weighted by molar-refractivity contribution is 7.14. The first kappa shape index (κ1) is 14.2. The molecule has 0 aliphatic heterocycles. The van der Waals surface area contributed by atoms with Gasteiger partial charge in [0.05, 0.1) is 12.8 Å². The van der Waals surface area contributed by atoms with Gasteiger partial charge >= 0.3 is 0 Å². The largest absolute Gasteiger partial charge is 0.495 e. The molecule has 1 N–H and O–H groups in total. The van der Waals surface area contributed by atoms with Gasteiger partial charge in [-0.15, -0.1) is 22.7 Å². The van der Waals surface area contributed by atoms with Crippen LogP contribution >= 0.6 is 22.7 Å². The summed E-state index contributed by atoms with van der Waals surface area (Å²) >= 11 is 3.56. The fraction of sp³-hybridized carbons (Fsp3) is 0.176. The van der Waals surface area contributed by atoms with Crippen LogP contribution in [0.1, 0.15) is 10.4 Å². The molecular formula is C17H17NOS2. The number of nitrogens with one attached hydrogen (secondary N) is 1. The Bertz CT molecular complexity index is 716. The molecule has 0 saturated heterocycles. The Balaban J connectivity index is 1.71. The highest BCUT2D eigenvalue weighted by atomic mass is 32.1. The number of benzene rings is 1. The SMILES string of the molecule is COc1cc(C)ccc1NCc1cc(-c2cccs2)cs1. The first-order valence-corrected chi connectivity index (χ1v) is 8.52. The van der Waals surface area contributed by atoms with Gasteiger partial charge in [0.25, 0.3) is 0 Å². The minimum absolute atomic E-state index is 0.815. The molecular weight excluding hydrogens is 298 g/mol. The monoisotopic (exact) mass is 315 g/mol. The molecule has 21 heavy (non-hydrogen) atoms. The predicted octanol–water partition coefficient (Wildman–Crippen LogP) is 5.41. The van der Waals surface area contributed by atoms with Crippen molar-refractivity contribution in [3.63, 3.8) is 0 Å². The van der Waals surface area contributed by atoms with Crippen molar-refractivity contribution in [3.05, 3.63) is 57.6 Å². The molecule has 2 aromatic heterocycles. The topological polar surface area (TPSA) is 21.3 Å². The van der Waals surface area contributed by atoms with Crippen LogP contribution in [0.15, 0.2) is 47.2 Å². The number of methoxy groups -OCH3 is 1. The fourth-order valence-corrected chi connectivity index (χ4v) is 3.79. The van der Waals surface area contributed by atoms with Crippen LogP contribution in [0.5, 0.6) is 5.75 Å². The molecule has 2 heterocycles. The quantitative estimate of drug-likeness (QED) is 0.680. The van der Waals surface area contributed by atoms with Crippen LogP contribution in [0.25, 0.3) is 10.4 Å². The third-order valence-corrected chi connectivity index (χ3v) is 5.13. The van der Waals surface area contributed by atoms with Crippen molar-refractivity contribution >= 4 is 28.4 Å². The molecule has 0 saturated carbocycles. The Morgan fingerprint density at radius 2 is 2.05 bits per heavy atom. The van der Waals surface area contributed by atoms with E-state index in [-0.39, 0.29) is 0 Å². The molecule has 3 rings (SSSR count). The zero-order valence-corrected chi connectivity index (χ0v) is 13.7. The number of anilines is 1. The fourth-order valence-electron chi connectivity index (χ4n) is 2.17. The first-order chi connectivity index (χ1) is 10.3. The molecule has 3 aromatic rings. The van der Waals surface area contributed by atoms with E-state index in [1.165, 1.54) is 20.9 Å². The van der Waals surface area contributed by atoms with Crippen molar-refractivity contribution in [1.82, 2.24) is 0 Å². The molecule has 0 amide bonds. The Hall–Kier alpha value is -1.78. The molecule has 0 unspecified atom stereocenters. The van der Waals surface area contributed by atoms with E-state index in [9.17, 15) is 0 Å². The average molecular weight is 315 g/mol. The Labute approximate surface area is 133 Å². The van der Waals surface area contributed by atoms with Gasteiger partial charge in [0.15, 0.2) is 0 Å². The zero-order chi connectivity index (χ0) is 14.7.